The molecule has 0 spiro atoms. The van der Waals surface area contributed by atoms with E-state index in [0.717, 1.165) is 30.4 Å². The molecule has 6 heteroatoms. The number of amides is 2. The first-order chi connectivity index (χ1) is 15.1. The number of benzene rings is 2. The van der Waals surface area contributed by atoms with Gasteiger partial charge in [0, 0.05) is 44.5 Å². The van der Waals surface area contributed by atoms with E-state index in [-0.39, 0.29) is 17.9 Å². The zero-order valence-electron chi connectivity index (χ0n) is 18.3. The van der Waals surface area contributed by atoms with Gasteiger partial charge in [-0.2, -0.15) is 0 Å². The molecule has 1 saturated heterocycles. The number of carbonyl (C=O) groups is 2. The number of carbonyl (C=O) groups excluding carboxylic acids is 2. The standard InChI is InChI=1S/C25H30N2O4/c1-30-16-18-3-7-20(8-4-18)24(28)26-14-13-23(15-26)27(22-11-12-22)25(29)21-9-5-19(6-10-21)17-31-2/h3-10,22-23H,11-17H2,1-2H3/t23-/m0/s1. The highest BCUT2D eigenvalue weighted by Crippen LogP contribution is 2.33. The molecule has 0 bridgehead atoms. The fourth-order valence-electron chi connectivity index (χ4n) is 4.29. The average molecular weight is 423 g/mol. The predicted octanol–water partition coefficient (Wildman–Crippen LogP) is 3.50. The molecule has 6 nitrogen and oxygen atoms in total. The minimum absolute atomic E-state index is 0.0265. The quantitative estimate of drug-likeness (QED) is 0.653. The molecule has 0 aromatic heterocycles. The monoisotopic (exact) mass is 422 g/mol. The predicted molar refractivity (Wildman–Crippen MR) is 118 cm³/mol. The summed E-state index contributed by atoms with van der Waals surface area (Å²) in [6, 6.07) is 15.6. The van der Waals surface area contributed by atoms with Gasteiger partial charge in [0.25, 0.3) is 11.8 Å². The first kappa shape index (κ1) is 21.5. The van der Waals surface area contributed by atoms with Crippen molar-refractivity contribution in [2.45, 2.75) is 44.6 Å². The summed E-state index contributed by atoms with van der Waals surface area (Å²) in [5, 5.41) is 0. The Labute approximate surface area is 183 Å². The number of likely N-dealkylation sites (tertiary alicyclic amines) is 1. The van der Waals surface area contributed by atoms with E-state index in [0.29, 0.717) is 43.5 Å². The molecule has 0 unspecified atom stereocenters. The second-order valence-corrected chi connectivity index (χ2v) is 8.40. The van der Waals surface area contributed by atoms with Gasteiger partial charge >= 0.3 is 0 Å². The van der Waals surface area contributed by atoms with Crippen LogP contribution >= 0.6 is 0 Å². The van der Waals surface area contributed by atoms with Crippen molar-refractivity contribution in [3.63, 3.8) is 0 Å². The van der Waals surface area contributed by atoms with Crippen LogP contribution < -0.4 is 0 Å². The zero-order chi connectivity index (χ0) is 21.8. The summed E-state index contributed by atoms with van der Waals surface area (Å²) in [6.45, 7) is 2.33. The average Bonchev–Trinajstić information content (AvgIpc) is 3.50. The summed E-state index contributed by atoms with van der Waals surface area (Å²) in [6.07, 6.45) is 2.90. The van der Waals surface area contributed by atoms with E-state index in [1.165, 1.54) is 0 Å². The fraction of sp³-hybridized carbons (Fsp3) is 0.440. The van der Waals surface area contributed by atoms with Crippen molar-refractivity contribution in [2.75, 3.05) is 27.3 Å². The second-order valence-electron chi connectivity index (χ2n) is 8.40. The highest BCUT2D eigenvalue weighted by Gasteiger charge is 2.41. The molecule has 2 amide bonds. The molecular weight excluding hydrogens is 392 g/mol. The third kappa shape index (κ3) is 4.97. The highest BCUT2D eigenvalue weighted by molar-refractivity contribution is 5.96. The summed E-state index contributed by atoms with van der Waals surface area (Å²) in [5.41, 5.74) is 3.47. The number of hydrogen-bond donors (Lipinski definition) is 0. The summed E-state index contributed by atoms with van der Waals surface area (Å²) in [5.74, 6) is 0.0910. The summed E-state index contributed by atoms with van der Waals surface area (Å²) >= 11 is 0. The van der Waals surface area contributed by atoms with E-state index in [1.54, 1.807) is 14.2 Å². The van der Waals surface area contributed by atoms with Crippen molar-refractivity contribution in [3.05, 3.63) is 70.8 Å². The Kier molecular flexibility index (Phi) is 6.68. The summed E-state index contributed by atoms with van der Waals surface area (Å²) in [7, 11) is 3.32. The van der Waals surface area contributed by atoms with Crippen LogP contribution in [0.1, 0.15) is 51.1 Å². The normalized spacial score (nSPS) is 18.3. The maximum absolute atomic E-state index is 13.3. The van der Waals surface area contributed by atoms with E-state index < -0.39 is 0 Å². The molecule has 31 heavy (non-hydrogen) atoms. The molecular formula is C25H30N2O4. The maximum Gasteiger partial charge on any atom is 0.254 e. The molecule has 164 valence electrons. The maximum atomic E-state index is 13.3. The second kappa shape index (κ2) is 9.62. The smallest absolute Gasteiger partial charge is 0.254 e. The Morgan fingerprint density at radius 1 is 0.839 bits per heavy atom. The molecule has 2 aromatic rings. The topological polar surface area (TPSA) is 59.1 Å². The lowest BCUT2D eigenvalue weighted by atomic mass is 10.1. The molecule has 2 aliphatic rings. The van der Waals surface area contributed by atoms with E-state index in [4.69, 9.17) is 9.47 Å². The Morgan fingerprint density at radius 2 is 1.39 bits per heavy atom. The fourth-order valence-corrected chi connectivity index (χ4v) is 4.29. The number of methoxy groups -OCH3 is 2. The van der Waals surface area contributed by atoms with Crippen LogP contribution in [0.5, 0.6) is 0 Å². The molecule has 1 saturated carbocycles. The van der Waals surface area contributed by atoms with Gasteiger partial charge in [-0.3, -0.25) is 9.59 Å². The lowest BCUT2D eigenvalue weighted by Crippen LogP contribution is -2.44. The molecule has 1 atom stereocenters. The Balaban J connectivity index is 1.43. The third-order valence-electron chi connectivity index (χ3n) is 6.04. The molecule has 4 rings (SSSR count). The van der Waals surface area contributed by atoms with Crippen LogP contribution in [0.2, 0.25) is 0 Å². The van der Waals surface area contributed by atoms with Gasteiger partial charge in [0.15, 0.2) is 0 Å². The van der Waals surface area contributed by atoms with Crippen LogP contribution in [0.4, 0.5) is 0 Å². The van der Waals surface area contributed by atoms with Crippen molar-refractivity contribution in [2.24, 2.45) is 0 Å². The van der Waals surface area contributed by atoms with Gasteiger partial charge in [-0.15, -0.1) is 0 Å². The van der Waals surface area contributed by atoms with E-state index in [2.05, 4.69) is 0 Å². The third-order valence-corrected chi connectivity index (χ3v) is 6.04. The lowest BCUT2D eigenvalue weighted by molar-refractivity contribution is 0.0641. The molecule has 2 fully saturated rings. The van der Waals surface area contributed by atoms with Crippen LogP contribution in [0.3, 0.4) is 0 Å². The number of ether oxygens (including phenoxy) is 2. The van der Waals surface area contributed by atoms with Gasteiger partial charge in [-0.1, -0.05) is 24.3 Å². The van der Waals surface area contributed by atoms with Crippen molar-refractivity contribution in [3.8, 4) is 0 Å². The lowest BCUT2D eigenvalue weighted by Gasteiger charge is -2.29. The molecule has 1 aliphatic heterocycles. The SMILES string of the molecule is COCc1ccc(C(=O)N2CC[C@H](N(C(=O)c3ccc(COC)cc3)C3CC3)C2)cc1. The summed E-state index contributed by atoms with van der Waals surface area (Å²) < 4.78 is 10.3. The molecule has 1 heterocycles. The molecule has 0 N–H and O–H groups in total. The number of hydrogen-bond acceptors (Lipinski definition) is 4. The van der Waals surface area contributed by atoms with Crippen LogP contribution in [0.25, 0.3) is 0 Å². The minimum Gasteiger partial charge on any atom is -0.380 e. The molecule has 2 aromatic carbocycles. The van der Waals surface area contributed by atoms with Crippen molar-refractivity contribution in [1.82, 2.24) is 9.80 Å². The van der Waals surface area contributed by atoms with Crippen molar-refractivity contribution >= 4 is 11.8 Å². The Morgan fingerprint density at radius 3 is 1.90 bits per heavy atom. The number of rotatable bonds is 8. The Bertz CT molecular complexity index is 906. The van der Waals surface area contributed by atoms with E-state index in [9.17, 15) is 9.59 Å². The van der Waals surface area contributed by atoms with Gasteiger partial charge in [0.1, 0.15) is 0 Å². The zero-order valence-corrected chi connectivity index (χ0v) is 18.3. The molecule has 0 radical (unpaired) electrons. The van der Waals surface area contributed by atoms with Crippen molar-refractivity contribution < 1.29 is 19.1 Å². The van der Waals surface area contributed by atoms with Crippen molar-refractivity contribution in [1.29, 1.82) is 0 Å². The largest absolute Gasteiger partial charge is 0.380 e. The highest BCUT2D eigenvalue weighted by atomic mass is 16.5. The minimum atomic E-state index is 0.0265. The number of nitrogens with zero attached hydrogens (tertiary/aromatic N) is 2. The van der Waals surface area contributed by atoms with Gasteiger partial charge in [0.05, 0.1) is 19.3 Å². The van der Waals surface area contributed by atoms with Crippen LogP contribution in [0, 0.1) is 0 Å². The van der Waals surface area contributed by atoms with Crippen LogP contribution in [-0.2, 0) is 22.7 Å². The Hall–Kier alpha value is -2.70. The van der Waals surface area contributed by atoms with Gasteiger partial charge in [-0.05, 0) is 54.7 Å². The summed E-state index contributed by atoms with van der Waals surface area (Å²) in [4.78, 5) is 30.2. The van der Waals surface area contributed by atoms with Gasteiger partial charge < -0.3 is 19.3 Å². The molecule has 1 aliphatic carbocycles. The van der Waals surface area contributed by atoms with Gasteiger partial charge in [-0.25, -0.2) is 0 Å². The van der Waals surface area contributed by atoms with Gasteiger partial charge in [0.2, 0.25) is 0 Å². The van der Waals surface area contributed by atoms with E-state index in [1.807, 2.05) is 58.3 Å². The van der Waals surface area contributed by atoms with Crippen LogP contribution in [-0.4, -0.2) is 61.0 Å². The first-order valence-electron chi connectivity index (χ1n) is 10.9. The van der Waals surface area contributed by atoms with E-state index >= 15 is 0 Å². The van der Waals surface area contributed by atoms with Crippen LogP contribution in [0.15, 0.2) is 48.5 Å². The first-order valence-corrected chi connectivity index (χ1v) is 10.9.